The molecule has 138 valence electrons. The molecule has 1 aromatic heterocycles. The monoisotopic (exact) mass is 424 g/mol. The molecule has 0 saturated carbocycles. The number of ketones is 1. The number of Topliss-reactive ketones (excluding diaryl/α,β-unsaturated/α-hetero) is 1. The summed E-state index contributed by atoms with van der Waals surface area (Å²) in [7, 11) is 1.46. The van der Waals surface area contributed by atoms with Crippen LogP contribution in [0.25, 0.3) is 0 Å². The lowest BCUT2D eigenvalue weighted by Crippen LogP contribution is -2.21. The number of esters is 1. The van der Waals surface area contributed by atoms with Crippen molar-refractivity contribution in [2.75, 3.05) is 19.0 Å². The molecule has 0 radical (unpaired) electrons. The lowest BCUT2D eigenvalue weighted by atomic mass is 10.1. The Kier molecular flexibility index (Phi) is 6.90. The van der Waals surface area contributed by atoms with Gasteiger partial charge in [-0.15, -0.1) is 0 Å². The fraction of sp³-hybridized carbons (Fsp3) is 0.294. The first kappa shape index (κ1) is 19.6. The quantitative estimate of drug-likeness (QED) is 0.512. The van der Waals surface area contributed by atoms with Crippen LogP contribution in [0.1, 0.15) is 29.0 Å². The van der Waals surface area contributed by atoms with Gasteiger partial charge in [-0.05, 0) is 25.1 Å². The van der Waals surface area contributed by atoms with E-state index in [1.807, 2.05) is 0 Å². The molecule has 2 aromatic rings. The highest BCUT2D eigenvalue weighted by atomic mass is 79.9. The van der Waals surface area contributed by atoms with Crippen LogP contribution in [0.15, 0.2) is 33.3 Å². The lowest BCUT2D eigenvalue weighted by molar-refractivity contribution is -0.147. The molecule has 0 bridgehead atoms. The fourth-order valence-electron chi connectivity index (χ4n) is 2.07. The van der Waals surface area contributed by atoms with Crippen LogP contribution in [0, 0.1) is 6.92 Å². The van der Waals surface area contributed by atoms with Crippen molar-refractivity contribution in [3.05, 3.63) is 40.1 Å². The van der Waals surface area contributed by atoms with Crippen LogP contribution in [0.2, 0.25) is 0 Å². The molecule has 26 heavy (non-hydrogen) atoms. The van der Waals surface area contributed by atoms with Gasteiger partial charge in [0.1, 0.15) is 11.5 Å². The van der Waals surface area contributed by atoms with Crippen molar-refractivity contribution in [2.24, 2.45) is 0 Å². The number of aromatic nitrogens is 1. The fourth-order valence-corrected chi connectivity index (χ4v) is 2.43. The van der Waals surface area contributed by atoms with Gasteiger partial charge < -0.3 is 19.3 Å². The zero-order valence-corrected chi connectivity index (χ0v) is 15.8. The Balaban J connectivity index is 1.78. The van der Waals surface area contributed by atoms with Crippen molar-refractivity contribution in [3.8, 4) is 5.75 Å². The van der Waals surface area contributed by atoms with E-state index >= 15 is 0 Å². The Hall–Kier alpha value is -2.68. The topological polar surface area (TPSA) is 108 Å². The molecule has 1 heterocycles. The number of amides is 1. The largest absolute Gasteiger partial charge is 0.496 e. The normalized spacial score (nSPS) is 10.3. The number of anilines is 1. The van der Waals surface area contributed by atoms with Gasteiger partial charge in [0.25, 0.3) is 5.91 Å². The number of aryl methyl sites for hydroxylation is 1. The Bertz CT molecular complexity index is 817. The summed E-state index contributed by atoms with van der Waals surface area (Å²) in [4.78, 5) is 35.6. The van der Waals surface area contributed by atoms with Crippen molar-refractivity contribution >= 4 is 39.4 Å². The molecule has 2 rings (SSSR count). The van der Waals surface area contributed by atoms with Gasteiger partial charge in [-0.1, -0.05) is 21.1 Å². The zero-order valence-electron chi connectivity index (χ0n) is 14.2. The molecule has 0 aliphatic rings. The number of nitrogens with one attached hydrogen (secondary N) is 1. The number of halogens is 1. The van der Waals surface area contributed by atoms with Gasteiger partial charge in [0.15, 0.2) is 18.2 Å². The Morgan fingerprint density at radius 1 is 1.23 bits per heavy atom. The number of carbonyl (C=O) groups is 3. The van der Waals surface area contributed by atoms with Crippen LogP contribution in [0.3, 0.4) is 0 Å². The first-order valence-electron chi connectivity index (χ1n) is 7.64. The standard InChI is InChI=1S/C17H17BrN2O6/c1-10-7-15(20-26-10)19-16(22)9-25-17(23)6-4-13(21)12-8-11(18)3-5-14(12)24-2/h3,5,7-8H,4,6,9H2,1-2H3,(H,19,20,22). The second-order valence-corrected chi connectivity index (χ2v) is 6.22. The van der Waals surface area contributed by atoms with Gasteiger partial charge in [0.2, 0.25) is 0 Å². The van der Waals surface area contributed by atoms with Crippen molar-refractivity contribution in [3.63, 3.8) is 0 Å². The molecule has 0 aliphatic heterocycles. The third-order valence-electron chi connectivity index (χ3n) is 3.28. The molecule has 0 saturated heterocycles. The van der Waals surface area contributed by atoms with Crippen LogP contribution >= 0.6 is 15.9 Å². The van der Waals surface area contributed by atoms with E-state index in [9.17, 15) is 14.4 Å². The number of hydrogen-bond acceptors (Lipinski definition) is 7. The highest BCUT2D eigenvalue weighted by Crippen LogP contribution is 2.24. The number of benzene rings is 1. The van der Waals surface area contributed by atoms with E-state index in [1.54, 1.807) is 25.1 Å². The average Bonchev–Trinajstić information content (AvgIpc) is 3.02. The first-order chi connectivity index (χ1) is 12.4. The summed E-state index contributed by atoms with van der Waals surface area (Å²) in [5.41, 5.74) is 0.369. The van der Waals surface area contributed by atoms with Crippen molar-refractivity contribution in [1.29, 1.82) is 0 Å². The highest BCUT2D eigenvalue weighted by molar-refractivity contribution is 9.10. The molecule has 1 N–H and O–H groups in total. The van der Waals surface area contributed by atoms with E-state index < -0.39 is 18.5 Å². The molecule has 0 spiro atoms. The van der Waals surface area contributed by atoms with Gasteiger partial charge in [-0.25, -0.2) is 0 Å². The van der Waals surface area contributed by atoms with Gasteiger partial charge in [0.05, 0.1) is 19.1 Å². The van der Waals surface area contributed by atoms with Crippen LogP contribution in [-0.2, 0) is 14.3 Å². The number of methoxy groups -OCH3 is 1. The third kappa shape index (κ3) is 5.69. The summed E-state index contributed by atoms with van der Waals surface area (Å²) in [5.74, 6) is -0.263. The minimum atomic E-state index is -0.654. The van der Waals surface area contributed by atoms with Crippen molar-refractivity contribution in [2.45, 2.75) is 19.8 Å². The SMILES string of the molecule is COc1ccc(Br)cc1C(=O)CCC(=O)OCC(=O)Nc1cc(C)on1. The second kappa shape index (κ2) is 9.14. The third-order valence-corrected chi connectivity index (χ3v) is 3.77. The first-order valence-corrected chi connectivity index (χ1v) is 8.44. The number of carbonyl (C=O) groups excluding carboxylic acids is 3. The molecule has 1 amide bonds. The molecule has 8 nitrogen and oxygen atoms in total. The maximum atomic E-state index is 12.3. The Labute approximate surface area is 158 Å². The minimum absolute atomic E-state index is 0.0598. The minimum Gasteiger partial charge on any atom is -0.496 e. The van der Waals surface area contributed by atoms with Gasteiger partial charge in [0, 0.05) is 17.0 Å². The van der Waals surface area contributed by atoms with E-state index in [2.05, 4.69) is 26.4 Å². The van der Waals surface area contributed by atoms with Crippen molar-refractivity contribution < 1.29 is 28.4 Å². The summed E-state index contributed by atoms with van der Waals surface area (Å²) >= 11 is 3.29. The molecular formula is C17H17BrN2O6. The summed E-state index contributed by atoms with van der Waals surface area (Å²) in [5, 5.41) is 6.01. The summed E-state index contributed by atoms with van der Waals surface area (Å²) in [6.07, 6.45) is -0.208. The maximum absolute atomic E-state index is 12.3. The zero-order chi connectivity index (χ0) is 19.1. The van der Waals surface area contributed by atoms with E-state index in [1.165, 1.54) is 13.2 Å². The van der Waals surface area contributed by atoms with Crippen LogP contribution in [0.4, 0.5) is 5.82 Å². The molecular weight excluding hydrogens is 408 g/mol. The molecule has 0 fully saturated rings. The predicted octanol–water partition coefficient (Wildman–Crippen LogP) is 2.90. The van der Waals surface area contributed by atoms with E-state index in [0.717, 1.165) is 4.47 Å². The van der Waals surface area contributed by atoms with E-state index in [4.69, 9.17) is 14.0 Å². The van der Waals surface area contributed by atoms with Gasteiger partial charge in [-0.2, -0.15) is 0 Å². The van der Waals surface area contributed by atoms with E-state index in [-0.39, 0.29) is 24.4 Å². The van der Waals surface area contributed by atoms with Crippen LogP contribution < -0.4 is 10.1 Å². The Morgan fingerprint density at radius 3 is 2.65 bits per heavy atom. The molecule has 9 heteroatoms. The Morgan fingerprint density at radius 2 is 2.00 bits per heavy atom. The summed E-state index contributed by atoms with van der Waals surface area (Å²) in [6, 6.07) is 6.56. The highest BCUT2D eigenvalue weighted by Gasteiger charge is 2.16. The number of ether oxygens (including phenoxy) is 2. The second-order valence-electron chi connectivity index (χ2n) is 5.30. The molecule has 0 aliphatic carbocycles. The summed E-state index contributed by atoms with van der Waals surface area (Å²) in [6.45, 7) is 1.21. The number of nitrogens with zero attached hydrogens (tertiary/aromatic N) is 1. The average molecular weight is 425 g/mol. The van der Waals surface area contributed by atoms with Gasteiger partial charge in [-0.3, -0.25) is 14.4 Å². The van der Waals surface area contributed by atoms with E-state index in [0.29, 0.717) is 17.1 Å². The van der Waals surface area contributed by atoms with Crippen molar-refractivity contribution in [1.82, 2.24) is 5.16 Å². The number of hydrogen-bond donors (Lipinski definition) is 1. The maximum Gasteiger partial charge on any atom is 0.306 e. The predicted molar refractivity (Wildman–Crippen MR) is 95.1 cm³/mol. The number of rotatable bonds is 8. The molecule has 0 atom stereocenters. The molecule has 1 aromatic carbocycles. The van der Waals surface area contributed by atoms with Crippen LogP contribution in [0.5, 0.6) is 5.75 Å². The molecule has 0 unspecified atom stereocenters. The van der Waals surface area contributed by atoms with Gasteiger partial charge >= 0.3 is 5.97 Å². The summed E-state index contributed by atoms with van der Waals surface area (Å²) < 4.78 is 15.5. The van der Waals surface area contributed by atoms with Crippen LogP contribution in [-0.4, -0.2) is 36.5 Å². The lowest BCUT2D eigenvalue weighted by Gasteiger charge is -2.08. The smallest absolute Gasteiger partial charge is 0.306 e.